The molecule has 0 aliphatic rings. The first-order valence-corrected chi connectivity index (χ1v) is 4.71. The largest absolute Gasteiger partial charge is 0.478 e. The minimum absolute atomic E-state index is 0.279. The molecule has 1 aromatic rings. The molecule has 0 bridgehead atoms. The number of halogens is 1. The quantitative estimate of drug-likeness (QED) is 0.859. The smallest absolute Gasteiger partial charge is 0.336 e. The minimum Gasteiger partial charge on any atom is -0.478 e. The highest BCUT2D eigenvalue weighted by atomic mass is 79.9. The Morgan fingerprint density at radius 2 is 2.31 bits per heavy atom. The fourth-order valence-corrected chi connectivity index (χ4v) is 1.55. The molecule has 70 valence electrons. The molecule has 0 heterocycles. The van der Waals surface area contributed by atoms with Gasteiger partial charge in [0.2, 0.25) is 0 Å². The van der Waals surface area contributed by atoms with Crippen molar-refractivity contribution in [2.45, 2.75) is 6.92 Å². The molecule has 0 radical (unpaired) electrons. The van der Waals surface area contributed by atoms with E-state index in [-0.39, 0.29) is 5.56 Å². The third-order valence-electron chi connectivity index (χ3n) is 1.58. The molecule has 0 aliphatic heterocycles. The molecule has 0 saturated heterocycles. The third kappa shape index (κ3) is 2.45. The van der Waals surface area contributed by atoms with Crippen molar-refractivity contribution in [1.82, 2.24) is 0 Å². The molecular weight excluding hydrogens is 234 g/mol. The molecule has 3 nitrogen and oxygen atoms in total. The molecule has 13 heavy (non-hydrogen) atoms. The van der Waals surface area contributed by atoms with Gasteiger partial charge in [-0.05, 0) is 41.1 Å². The third-order valence-corrected chi connectivity index (χ3v) is 2.24. The van der Waals surface area contributed by atoms with Gasteiger partial charge in [-0.1, -0.05) is 0 Å². The Morgan fingerprint density at radius 1 is 1.62 bits per heavy atom. The predicted molar refractivity (Wildman–Crippen MR) is 55.3 cm³/mol. The zero-order valence-electron chi connectivity index (χ0n) is 7.17. The van der Waals surface area contributed by atoms with Crippen molar-refractivity contribution in [2.24, 2.45) is 0 Å². The topological polar surface area (TPSA) is 49.3 Å². The molecule has 0 atom stereocenters. The van der Waals surface area contributed by atoms with Gasteiger partial charge in [-0.2, -0.15) is 0 Å². The predicted octanol–water partition coefficient (Wildman–Crippen LogP) is 2.58. The highest BCUT2D eigenvalue weighted by molar-refractivity contribution is 9.10. The lowest BCUT2D eigenvalue weighted by Gasteiger charge is -2.04. The molecule has 0 spiro atoms. The van der Waals surface area contributed by atoms with E-state index in [1.54, 1.807) is 18.2 Å². The van der Waals surface area contributed by atoms with Gasteiger partial charge in [-0.15, -0.1) is 0 Å². The second-order valence-corrected chi connectivity index (χ2v) is 3.38. The van der Waals surface area contributed by atoms with Crippen LogP contribution in [-0.4, -0.2) is 17.6 Å². The Morgan fingerprint density at radius 3 is 2.77 bits per heavy atom. The number of nitrogens with one attached hydrogen (secondary N) is 1. The fourth-order valence-electron chi connectivity index (χ4n) is 1.00. The van der Waals surface area contributed by atoms with E-state index in [2.05, 4.69) is 21.2 Å². The molecular formula is C9H10BrNO2. The van der Waals surface area contributed by atoms with Gasteiger partial charge in [0.15, 0.2) is 0 Å². The summed E-state index contributed by atoms with van der Waals surface area (Å²) in [5, 5.41) is 11.8. The first-order chi connectivity index (χ1) is 6.15. The standard InChI is InChI=1S/C9H10BrNO2/c1-2-11-6-3-4-7(9(12)13)8(10)5-6/h3-5,11H,2H2,1H3,(H,12,13). The van der Waals surface area contributed by atoms with Crippen molar-refractivity contribution in [3.63, 3.8) is 0 Å². The molecule has 0 fully saturated rings. The van der Waals surface area contributed by atoms with Crippen LogP contribution in [0.5, 0.6) is 0 Å². The van der Waals surface area contributed by atoms with Gasteiger partial charge < -0.3 is 10.4 Å². The van der Waals surface area contributed by atoms with Gasteiger partial charge in [-0.25, -0.2) is 4.79 Å². The van der Waals surface area contributed by atoms with Crippen LogP contribution in [0.15, 0.2) is 22.7 Å². The van der Waals surface area contributed by atoms with Crippen molar-refractivity contribution in [2.75, 3.05) is 11.9 Å². The average molecular weight is 244 g/mol. The number of rotatable bonds is 3. The number of hydrogen-bond acceptors (Lipinski definition) is 2. The number of carbonyl (C=O) groups is 1. The van der Waals surface area contributed by atoms with Crippen LogP contribution in [0.3, 0.4) is 0 Å². The van der Waals surface area contributed by atoms with E-state index in [1.807, 2.05) is 6.92 Å². The summed E-state index contributed by atoms with van der Waals surface area (Å²) in [6.07, 6.45) is 0. The van der Waals surface area contributed by atoms with Crippen LogP contribution in [0.2, 0.25) is 0 Å². The Labute approximate surface area is 84.9 Å². The molecule has 4 heteroatoms. The Balaban J connectivity index is 2.98. The van der Waals surface area contributed by atoms with Crippen LogP contribution in [0.25, 0.3) is 0 Å². The molecule has 0 unspecified atom stereocenters. The van der Waals surface area contributed by atoms with E-state index in [0.29, 0.717) is 4.47 Å². The lowest BCUT2D eigenvalue weighted by atomic mass is 10.2. The van der Waals surface area contributed by atoms with Crippen LogP contribution in [0.1, 0.15) is 17.3 Å². The molecule has 2 N–H and O–H groups in total. The fraction of sp³-hybridized carbons (Fsp3) is 0.222. The first-order valence-electron chi connectivity index (χ1n) is 3.92. The van der Waals surface area contributed by atoms with Crippen LogP contribution in [-0.2, 0) is 0 Å². The summed E-state index contributed by atoms with van der Waals surface area (Å²) in [4.78, 5) is 10.6. The summed E-state index contributed by atoms with van der Waals surface area (Å²) in [6, 6.07) is 5.08. The average Bonchev–Trinajstić information content (AvgIpc) is 2.04. The highest BCUT2D eigenvalue weighted by Crippen LogP contribution is 2.21. The van der Waals surface area contributed by atoms with Gasteiger partial charge >= 0.3 is 5.97 Å². The van der Waals surface area contributed by atoms with Gasteiger partial charge in [0.25, 0.3) is 0 Å². The van der Waals surface area contributed by atoms with E-state index >= 15 is 0 Å². The molecule has 0 saturated carbocycles. The molecule has 0 aromatic heterocycles. The number of carboxylic acid groups (broad SMARTS) is 1. The Bertz CT molecular complexity index is 325. The number of benzene rings is 1. The van der Waals surface area contributed by atoms with Crippen LogP contribution in [0.4, 0.5) is 5.69 Å². The maximum Gasteiger partial charge on any atom is 0.336 e. The summed E-state index contributed by atoms with van der Waals surface area (Å²) in [5.41, 5.74) is 1.20. The SMILES string of the molecule is CCNc1ccc(C(=O)O)c(Br)c1. The Hall–Kier alpha value is -1.03. The maximum atomic E-state index is 10.6. The monoisotopic (exact) mass is 243 g/mol. The lowest BCUT2D eigenvalue weighted by Crippen LogP contribution is -2.00. The second-order valence-electron chi connectivity index (χ2n) is 2.53. The van der Waals surface area contributed by atoms with E-state index in [0.717, 1.165) is 12.2 Å². The number of aromatic carboxylic acids is 1. The van der Waals surface area contributed by atoms with Gasteiger partial charge in [0, 0.05) is 16.7 Å². The maximum absolute atomic E-state index is 10.6. The van der Waals surface area contributed by atoms with Crippen molar-refractivity contribution in [3.8, 4) is 0 Å². The van der Waals surface area contributed by atoms with E-state index < -0.39 is 5.97 Å². The number of anilines is 1. The molecule has 1 rings (SSSR count). The first kappa shape index (κ1) is 10.1. The van der Waals surface area contributed by atoms with E-state index in [9.17, 15) is 4.79 Å². The lowest BCUT2D eigenvalue weighted by molar-refractivity contribution is 0.0696. The molecule has 0 amide bonds. The molecule has 1 aromatic carbocycles. The normalized spacial score (nSPS) is 9.69. The van der Waals surface area contributed by atoms with Crippen LogP contribution >= 0.6 is 15.9 Å². The number of hydrogen-bond donors (Lipinski definition) is 2. The van der Waals surface area contributed by atoms with Crippen molar-refractivity contribution in [3.05, 3.63) is 28.2 Å². The van der Waals surface area contributed by atoms with Gasteiger partial charge in [0.05, 0.1) is 5.56 Å². The highest BCUT2D eigenvalue weighted by Gasteiger charge is 2.07. The van der Waals surface area contributed by atoms with Crippen LogP contribution < -0.4 is 5.32 Å². The van der Waals surface area contributed by atoms with Crippen LogP contribution in [0, 0.1) is 0 Å². The second kappa shape index (κ2) is 4.28. The summed E-state index contributed by atoms with van der Waals surface area (Å²) in [6.45, 7) is 2.80. The molecule has 0 aliphatic carbocycles. The van der Waals surface area contributed by atoms with Gasteiger partial charge in [0.1, 0.15) is 0 Å². The Kier molecular flexibility index (Phi) is 3.31. The minimum atomic E-state index is -0.921. The van der Waals surface area contributed by atoms with Crippen molar-refractivity contribution < 1.29 is 9.90 Å². The summed E-state index contributed by atoms with van der Waals surface area (Å²) in [7, 11) is 0. The summed E-state index contributed by atoms with van der Waals surface area (Å²) in [5.74, 6) is -0.921. The zero-order chi connectivity index (χ0) is 9.84. The van der Waals surface area contributed by atoms with Crippen molar-refractivity contribution in [1.29, 1.82) is 0 Å². The number of carboxylic acids is 1. The van der Waals surface area contributed by atoms with E-state index in [4.69, 9.17) is 5.11 Å². The summed E-state index contributed by atoms with van der Waals surface area (Å²) >= 11 is 3.20. The van der Waals surface area contributed by atoms with Gasteiger partial charge in [-0.3, -0.25) is 0 Å². The van der Waals surface area contributed by atoms with Crippen molar-refractivity contribution >= 4 is 27.6 Å². The summed E-state index contributed by atoms with van der Waals surface area (Å²) < 4.78 is 0.596. The zero-order valence-corrected chi connectivity index (χ0v) is 8.76. The van der Waals surface area contributed by atoms with E-state index in [1.165, 1.54) is 0 Å².